The molecule has 1 N–H and O–H groups in total. The van der Waals surface area contributed by atoms with Gasteiger partial charge in [0.25, 0.3) is 5.56 Å². The number of fused-ring (bicyclic) bond motifs is 1. The van der Waals surface area contributed by atoms with Gasteiger partial charge in [0, 0.05) is 27.4 Å². The van der Waals surface area contributed by atoms with E-state index in [0.29, 0.717) is 21.9 Å². The number of hydrogen-bond acceptors (Lipinski definition) is 5. The van der Waals surface area contributed by atoms with Crippen molar-refractivity contribution in [2.75, 3.05) is 6.26 Å². The molecule has 0 radical (unpaired) electrons. The molecule has 0 unspecified atom stereocenters. The normalized spacial score (nSPS) is 11.7. The molecular formula is C29H27BrN2O4S. The van der Waals surface area contributed by atoms with Gasteiger partial charge in [0.05, 0.1) is 23.6 Å². The van der Waals surface area contributed by atoms with Gasteiger partial charge in [-0.2, -0.15) is 0 Å². The minimum absolute atomic E-state index is 0.0742. The van der Waals surface area contributed by atoms with Gasteiger partial charge in [-0.1, -0.05) is 72.2 Å². The summed E-state index contributed by atoms with van der Waals surface area (Å²) in [6.45, 7) is 3.80. The van der Waals surface area contributed by atoms with Crippen LogP contribution in [0.5, 0.6) is 0 Å². The van der Waals surface area contributed by atoms with E-state index in [1.165, 1.54) is 16.7 Å². The number of sulfone groups is 1. The molecular weight excluding hydrogens is 552 g/mol. The summed E-state index contributed by atoms with van der Waals surface area (Å²) in [7, 11) is -3.37. The molecule has 0 amide bonds. The van der Waals surface area contributed by atoms with Crippen molar-refractivity contribution in [3.63, 3.8) is 0 Å². The molecule has 0 spiro atoms. The highest BCUT2D eigenvalue weighted by Crippen LogP contribution is 2.33. The first kappa shape index (κ1) is 26.7. The van der Waals surface area contributed by atoms with E-state index in [2.05, 4.69) is 15.9 Å². The lowest BCUT2D eigenvalue weighted by Crippen LogP contribution is -2.29. The highest BCUT2D eigenvalue weighted by Gasteiger charge is 2.25. The van der Waals surface area contributed by atoms with Gasteiger partial charge >= 0.3 is 0 Å². The molecule has 0 atom stereocenters. The van der Waals surface area contributed by atoms with Crippen molar-refractivity contribution in [3.05, 3.63) is 98.9 Å². The summed E-state index contributed by atoms with van der Waals surface area (Å²) in [5.41, 5.74) is 2.29. The number of carbonyl (C=O) groups excluding carboxylic acids is 1. The summed E-state index contributed by atoms with van der Waals surface area (Å²) in [6, 6.07) is 21.1. The Morgan fingerprint density at radius 3 is 2.22 bits per heavy atom. The van der Waals surface area contributed by atoms with Crippen LogP contribution in [-0.4, -0.2) is 30.7 Å². The van der Waals surface area contributed by atoms with E-state index >= 15 is 0 Å². The molecule has 0 saturated heterocycles. The van der Waals surface area contributed by atoms with Crippen LogP contribution in [0, 0.1) is 11.3 Å². The Kier molecular flexibility index (Phi) is 7.62. The fourth-order valence-electron chi connectivity index (χ4n) is 4.24. The van der Waals surface area contributed by atoms with Crippen LogP contribution in [0.15, 0.2) is 87.0 Å². The third-order valence-electron chi connectivity index (χ3n) is 6.30. The van der Waals surface area contributed by atoms with E-state index in [-0.39, 0.29) is 46.5 Å². The number of halogens is 1. The first-order valence-electron chi connectivity index (χ1n) is 11.8. The number of Topliss-reactive ketones (excluding diaryl/α,β-unsaturated/α-hetero) is 1. The first-order valence-corrected chi connectivity index (χ1v) is 14.5. The zero-order chi connectivity index (χ0) is 26.9. The van der Waals surface area contributed by atoms with Crippen LogP contribution >= 0.6 is 15.9 Å². The number of nitrogens with zero attached hydrogens (tertiary/aromatic N) is 1. The van der Waals surface area contributed by atoms with Gasteiger partial charge in [-0.25, -0.2) is 8.42 Å². The smallest absolute Gasteiger partial charge is 0.259 e. The van der Waals surface area contributed by atoms with E-state index in [1.54, 1.807) is 24.3 Å². The maximum atomic E-state index is 13.8. The molecule has 4 rings (SSSR count). The van der Waals surface area contributed by atoms with Crippen molar-refractivity contribution in [1.82, 2.24) is 4.57 Å². The van der Waals surface area contributed by atoms with E-state index in [0.717, 1.165) is 16.3 Å². The minimum atomic E-state index is -3.37. The lowest BCUT2D eigenvalue weighted by Gasteiger charge is -2.20. The maximum Gasteiger partial charge on any atom is 0.259 e. The Bertz CT molecular complexity index is 1670. The average Bonchev–Trinajstić information content (AvgIpc) is 2.85. The van der Waals surface area contributed by atoms with Gasteiger partial charge in [-0.15, -0.1) is 0 Å². The van der Waals surface area contributed by atoms with Gasteiger partial charge < -0.3 is 5.41 Å². The molecule has 1 aromatic heterocycles. The van der Waals surface area contributed by atoms with Crippen LogP contribution in [0.2, 0.25) is 0 Å². The van der Waals surface area contributed by atoms with E-state index < -0.39 is 9.84 Å². The number of aromatic nitrogens is 1. The second kappa shape index (κ2) is 10.6. The van der Waals surface area contributed by atoms with Crippen molar-refractivity contribution >= 4 is 48.0 Å². The number of ketones is 1. The lowest BCUT2D eigenvalue weighted by molar-refractivity contribution is 0.0990. The predicted octanol–water partition coefficient (Wildman–Crippen LogP) is 6.13. The van der Waals surface area contributed by atoms with Crippen LogP contribution < -0.4 is 5.56 Å². The van der Waals surface area contributed by atoms with Gasteiger partial charge in [-0.3, -0.25) is 14.2 Å². The quantitative estimate of drug-likeness (QED) is 0.201. The molecule has 0 saturated carbocycles. The number of benzene rings is 3. The molecule has 0 aliphatic heterocycles. The second-order valence-corrected chi connectivity index (χ2v) is 12.3. The largest absolute Gasteiger partial charge is 0.309 e. The second-order valence-electron chi connectivity index (χ2n) is 9.37. The van der Waals surface area contributed by atoms with Crippen LogP contribution in [0.25, 0.3) is 21.9 Å². The SMILES string of the molecule is CC(C)C(=N)CC(=O)c1c(-c2ccccc2)c2cc(Br)ccc2c(=O)n1Cc1ccc(S(C)(=O)=O)cc1. The van der Waals surface area contributed by atoms with E-state index in [4.69, 9.17) is 5.41 Å². The highest BCUT2D eigenvalue weighted by atomic mass is 79.9. The fraction of sp³-hybridized carbons (Fsp3) is 0.207. The summed E-state index contributed by atoms with van der Waals surface area (Å²) in [5, 5.41) is 9.46. The van der Waals surface area contributed by atoms with Crippen molar-refractivity contribution in [1.29, 1.82) is 5.41 Å². The molecule has 0 fully saturated rings. The number of rotatable bonds is 8. The Morgan fingerprint density at radius 1 is 0.973 bits per heavy atom. The minimum Gasteiger partial charge on any atom is -0.309 e. The number of hydrogen-bond donors (Lipinski definition) is 1. The highest BCUT2D eigenvalue weighted by molar-refractivity contribution is 9.10. The van der Waals surface area contributed by atoms with E-state index in [9.17, 15) is 18.0 Å². The zero-order valence-corrected chi connectivity index (χ0v) is 23.2. The zero-order valence-electron chi connectivity index (χ0n) is 20.8. The van der Waals surface area contributed by atoms with Crippen molar-refractivity contribution in [3.8, 4) is 11.1 Å². The van der Waals surface area contributed by atoms with Crippen molar-refractivity contribution in [2.24, 2.45) is 5.92 Å². The van der Waals surface area contributed by atoms with Crippen LogP contribution in [-0.2, 0) is 16.4 Å². The van der Waals surface area contributed by atoms with E-state index in [1.807, 2.05) is 50.2 Å². The molecule has 37 heavy (non-hydrogen) atoms. The average molecular weight is 580 g/mol. The molecule has 190 valence electrons. The molecule has 0 bridgehead atoms. The van der Waals surface area contributed by atoms with Crippen LogP contribution in [0.4, 0.5) is 0 Å². The molecule has 6 nitrogen and oxygen atoms in total. The van der Waals surface area contributed by atoms with Gasteiger partial charge in [0.2, 0.25) is 0 Å². The maximum absolute atomic E-state index is 13.8. The molecule has 0 aliphatic rings. The van der Waals surface area contributed by atoms with Gasteiger partial charge in [-0.05, 0) is 52.8 Å². The van der Waals surface area contributed by atoms with Crippen molar-refractivity contribution in [2.45, 2.75) is 31.7 Å². The summed E-state index contributed by atoms with van der Waals surface area (Å²) in [5.74, 6) is -0.424. The molecule has 8 heteroatoms. The van der Waals surface area contributed by atoms with Gasteiger partial charge in [0.1, 0.15) is 0 Å². The summed E-state index contributed by atoms with van der Waals surface area (Å²) < 4.78 is 26.1. The number of carbonyl (C=O) groups is 1. The molecule has 4 aromatic rings. The van der Waals surface area contributed by atoms with Crippen LogP contribution in [0.1, 0.15) is 36.3 Å². The third kappa shape index (κ3) is 5.65. The standard InChI is InChI=1S/C29H27BrN2O4S/c1-18(2)25(31)16-26(33)28-27(20-7-5-4-6-8-20)24-15-21(30)11-14-23(24)29(34)32(28)17-19-9-12-22(13-10-19)37(3,35)36/h4-15,18,31H,16-17H2,1-3H3. The lowest BCUT2D eigenvalue weighted by atomic mass is 9.92. The van der Waals surface area contributed by atoms with Crippen molar-refractivity contribution < 1.29 is 13.2 Å². The molecule has 1 heterocycles. The predicted molar refractivity (Wildman–Crippen MR) is 152 cm³/mol. The molecule has 0 aliphatic carbocycles. The Hall–Kier alpha value is -3.36. The monoisotopic (exact) mass is 578 g/mol. The van der Waals surface area contributed by atoms with Crippen LogP contribution in [0.3, 0.4) is 0 Å². The Morgan fingerprint density at radius 2 is 1.62 bits per heavy atom. The first-order chi connectivity index (χ1) is 17.5. The fourth-order valence-corrected chi connectivity index (χ4v) is 5.23. The topological polar surface area (TPSA) is 97.1 Å². The number of pyridine rings is 1. The Balaban J connectivity index is 2.03. The summed E-state index contributed by atoms with van der Waals surface area (Å²) in [4.78, 5) is 27.9. The number of nitrogens with one attached hydrogen (secondary N) is 1. The molecule has 3 aromatic carbocycles. The Labute approximate surface area is 224 Å². The summed E-state index contributed by atoms with van der Waals surface area (Å²) >= 11 is 3.50. The summed E-state index contributed by atoms with van der Waals surface area (Å²) in [6.07, 6.45) is 1.03. The third-order valence-corrected chi connectivity index (χ3v) is 7.92. The van der Waals surface area contributed by atoms with Gasteiger partial charge in [0.15, 0.2) is 15.6 Å².